The number of benzene rings is 2. The van der Waals surface area contributed by atoms with Gasteiger partial charge in [-0.25, -0.2) is 4.79 Å². The van der Waals surface area contributed by atoms with E-state index in [1.807, 2.05) is 0 Å². The van der Waals surface area contributed by atoms with Gasteiger partial charge in [0.15, 0.2) is 11.4 Å². The van der Waals surface area contributed by atoms with Crippen LogP contribution in [-0.2, 0) is 10.4 Å². The summed E-state index contributed by atoms with van der Waals surface area (Å²) in [7, 11) is 0. The van der Waals surface area contributed by atoms with Gasteiger partial charge in [0.1, 0.15) is 0 Å². The van der Waals surface area contributed by atoms with Crippen molar-refractivity contribution >= 4 is 29.4 Å². The maximum atomic E-state index is 12.4. The van der Waals surface area contributed by atoms with Gasteiger partial charge in [0.25, 0.3) is 0 Å². The average Bonchev–Trinajstić information content (AvgIpc) is 2.54. The normalized spacial score (nSPS) is 13.7. The molecular weight excluding hydrogens is 316 g/mol. The van der Waals surface area contributed by atoms with E-state index in [0.717, 1.165) is 12.5 Å². The topological polar surface area (TPSA) is 74.6 Å². The van der Waals surface area contributed by atoms with Crippen LogP contribution in [0.15, 0.2) is 54.6 Å². The first-order valence-electron chi connectivity index (χ1n) is 6.85. The molecule has 1 unspecified atom stereocenters. The molecule has 0 heterocycles. The highest BCUT2D eigenvalue weighted by Crippen LogP contribution is 2.25. The fourth-order valence-corrected chi connectivity index (χ4v) is 2.20. The Morgan fingerprint density at radius 1 is 1.09 bits per heavy atom. The molecule has 2 aromatic carbocycles. The van der Waals surface area contributed by atoms with Crippen LogP contribution in [0.3, 0.4) is 0 Å². The molecule has 0 aliphatic heterocycles. The number of aliphatic carboxylic acids is 1. The highest BCUT2D eigenvalue weighted by atomic mass is 35.5. The van der Waals surface area contributed by atoms with Crippen LogP contribution in [0, 0.1) is 0 Å². The number of carbonyl (C=O) groups is 2. The Labute approximate surface area is 138 Å². The molecule has 0 aliphatic rings. The van der Waals surface area contributed by atoms with Crippen molar-refractivity contribution in [2.75, 3.05) is 0 Å². The number of rotatable bonds is 5. The Morgan fingerprint density at radius 2 is 1.70 bits per heavy atom. The van der Waals surface area contributed by atoms with E-state index in [-0.39, 0.29) is 11.1 Å². The molecule has 0 amide bonds. The summed E-state index contributed by atoms with van der Waals surface area (Å²) >= 11 is 5.80. The Kier molecular flexibility index (Phi) is 4.98. The van der Waals surface area contributed by atoms with Gasteiger partial charge in [-0.1, -0.05) is 54.1 Å². The van der Waals surface area contributed by atoms with Gasteiger partial charge in [-0.05, 0) is 30.7 Å². The molecule has 4 nitrogen and oxygen atoms in total. The van der Waals surface area contributed by atoms with E-state index in [9.17, 15) is 14.7 Å². The molecule has 0 spiro atoms. The van der Waals surface area contributed by atoms with Gasteiger partial charge < -0.3 is 10.2 Å². The van der Waals surface area contributed by atoms with Gasteiger partial charge in [-0.15, -0.1) is 0 Å². The third-order valence-corrected chi connectivity index (χ3v) is 3.68. The highest BCUT2D eigenvalue weighted by molar-refractivity contribution is 6.30. The highest BCUT2D eigenvalue weighted by Gasteiger charge is 2.35. The van der Waals surface area contributed by atoms with Crippen LogP contribution >= 0.6 is 11.6 Å². The van der Waals surface area contributed by atoms with E-state index in [4.69, 9.17) is 16.7 Å². The van der Waals surface area contributed by atoms with Gasteiger partial charge in [0.05, 0.1) is 0 Å². The van der Waals surface area contributed by atoms with Crippen LogP contribution in [0.5, 0.6) is 0 Å². The van der Waals surface area contributed by atoms with Crippen molar-refractivity contribution in [3.63, 3.8) is 0 Å². The first-order chi connectivity index (χ1) is 10.8. The maximum Gasteiger partial charge on any atom is 0.340 e. The summed E-state index contributed by atoms with van der Waals surface area (Å²) < 4.78 is 0. The van der Waals surface area contributed by atoms with Crippen LogP contribution in [0.4, 0.5) is 0 Å². The molecule has 23 heavy (non-hydrogen) atoms. The number of ketones is 1. The second-order valence-corrected chi connectivity index (χ2v) is 5.61. The number of carboxylic acids is 1. The lowest BCUT2D eigenvalue weighted by molar-refractivity contribution is -0.157. The Bertz CT molecular complexity index is 761. The molecule has 0 saturated heterocycles. The van der Waals surface area contributed by atoms with Crippen molar-refractivity contribution in [2.24, 2.45) is 0 Å². The molecule has 2 aromatic rings. The molecule has 0 aliphatic carbocycles. The number of hydrogen-bond donors (Lipinski definition) is 2. The number of aliphatic hydroxyl groups is 1. The molecule has 0 saturated carbocycles. The summed E-state index contributed by atoms with van der Waals surface area (Å²) in [5.41, 5.74) is -1.16. The summed E-state index contributed by atoms with van der Waals surface area (Å²) in [5.74, 6) is -1.81. The average molecular weight is 331 g/mol. The fourth-order valence-electron chi connectivity index (χ4n) is 2.07. The smallest absolute Gasteiger partial charge is 0.340 e. The van der Waals surface area contributed by atoms with E-state index >= 15 is 0 Å². The van der Waals surface area contributed by atoms with E-state index < -0.39 is 17.4 Å². The second-order valence-electron chi connectivity index (χ2n) is 5.17. The molecule has 0 radical (unpaired) electrons. The maximum absolute atomic E-state index is 12.4. The van der Waals surface area contributed by atoms with Crippen LogP contribution in [0.25, 0.3) is 6.08 Å². The van der Waals surface area contributed by atoms with Gasteiger partial charge in [0, 0.05) is 16.1 Å². The van der Waals surface area contributed by atoms with Crippen LogP contribution in [0.1, 0.15) is 28.4 Å². The molecular formula is C18H15ClO4. The number of allylic oxidation sites excluding steroid dienone is 1. The molecule has 1 atom stereocenters. The summed E-state index contributed by atoms with van der Waals surface area (Å²) in [6.07, 6.45) is 2.94. The monoisotopic (exact) mass is 330 g/mol. The molecule has 0 aromatic heterocycles. The summed E-state index contributed by atoms with van der Waals surface area (Å²) in [4.78, 5) is 23.6. The Hall–Kier alpha value is -2.43. The SMILES string of the molecule is CC(O)(C(=O)O)c1ccccc1C(=O)/C=C/c1ccc(Cl)cc1. The lowest BCUT2D eigenvalue weighted by Crippen LogP contribution is -2.33. The largest absolute Gasteiger partial charge is 0.479 e. The Balaban J connectivity index is 2.33. The van der Waals surface area contributed by atoms with Crippen molar-refractivity contribution in [3.05, 3.63) is 76.3 Å². The minimum atomic E-state index is -2.14. The van der Waals surface area contributed by atoms with Crippen molar-refractivity contribution in [3.8, 4) is 0 Å². The quantitative estimate of drug-likeness (QED) is 0.649. The lowest BCUT2D eigenvalue weighted by Gasteiger charge is -2.20. The van der Waals surface area contributed by atoms with Gasteiger partial charge in [0.2, 0.25) is 0 Å². The van der Waals surface area contributed by atoms with E-state index in [2.05, 4.69) is 0 Å². The number of carboxylic acid groups (broad SMARTS) is 1. The minimum Gasteiger partial charge on any atom is -0.479 e. The number of carbonyl (C=O) groups excluding carboxylic acids is 1. The van der Waals surface area contributed by atoms with E-state index in [1.165, 1.54) is 18.2 Å². The summed E-state index contributed by atoms with van der Waals surface area (Å²) in [6.45, 7) is 1.14. The minimum absolute atomic E-state index is 0.0539. The number of halogens is 1. The molecule has 0 fully saturated rings. The van der Waals surface area contributed by atoms with Crippen molar-refractivity contribution in [2.45, 2.75) is 12.5 Å². The fraction of sp³-hybridized carbons (Fsp3) is 0.111. The third-order valence-electron chi connectivity index (χ3n) is 3.43. The standard InChI is InChI=1S/C18H15ClO4/c1-18(23,17(21)22)15-5-3-2-4-14(15)16(20)11-8-12-6-9-13(19)10-7-12/h2-11,23H,1H3,(H,21,22)/b11-8+. The first-order valence-corrected chi connectivity index (χ1v) is 7.23. The summed E-state index contributed by atoms with van der Waals surface area (Å²) in [5, 5.41) is 19.9. The molecule has 118 valence electrons. The van der Waals surface area contributed by atoms with Crippen LogP contribution < -0.4 is 0 Å². The lowest BCUT2D eigenvalue weighted by atomic mass is 9.89. The Morgan fingerprint density at radius 3 is 2.30 bits per heavy atom. The van der Waals surface area contributed by atoms with Gasteiger partial charge in [-0.3, -0.25) is 4.79 Å². The van der Waals surface area contributed by atoms with Gasteiger partial charge in [-0.2, -0.15) is 0 Å². The van der Waals surface area contributed by atoms with Crippen LogP contribution in [-0.4, -0.2) is 22.0 Å². The summed E-state index contributed by atoms with van der Waals surface area (Å²) in [6, 6.07) is 13.0. The van der Waals surface area contributed by atoms with Crippen molar-refractivity contribution < 1.29 is 19.8 Å². The van der Waals surface area contributed by atoms with Gasteiger partial charge >= 0.3 is 5.97 Å². The zero-order valence-corrected chi connectivity index (χ0v) is 13.1. The predicted molar refractivity (Wildman–Crippen MR) is 88.5 cm³/mol. The van der Waals surface area contributed by atoms with E-state index in [1.54, 1.807) is 42.5 Å². The predicted octanol–water partition coefficient (Wildman–Crippen LogP) is 3.53. The zero-order valence-electron chi connectivity index (χ0n) is 12.4. The van der Waals surface area contributed by atoms with Crippen molar-refractivity contribution in [1.29, 1.82) is 0 Å². The first kappa shape index (κ1) is 16.9. The zero-order chi connectivity index (χ0) is 17.0. The molecule has 2 rings (SSSR count). The second kappa shape index (κ2) is 6.77. The van der Waals surface area contributed by atoms with Crippen LogP contribution in [0.2, 0.25) is 5.02 Å². The third kappa shape index (κ3) is 3.86. The van der Waals surface area contributed by atoms with E-state index in [0.29, 0.717) is 5.02 Å². The number of hydrogen-bond acceptors (Lipinski definition) is 3. The molecule has 0 bridgehead atoms. The molecule has 2 N–H and O–H groups in total. The van der Waals surface area contributed by atoms with Crippen molar-refractivity contribution in [1.82, 2.24) is 0 Å². The molecule has 5 heteroatoms.